The highest BCUT2D eigenvalue weighted by Gasteiger charge is 2.22. The van der Waals surface area contributed by atoms with E-state index < -0.39 is 5.41 Å². The number of rotatable bonds is 4. The lowest BCUT2D eigenvalue weighted by atomic mass is 9.84. The lowest BCUT2D eigenvalue weighted by molar-refractivity contribution is 0.479. The maximum Gasteiger partial charge on any atom is 0.155 e. The molecule has 1 fully saturated rings. The van der Waals surface area contributed by atoms with Gasteiger partial charge < -0.3 is 10.6 Å². The first-order valence-corrected chi connectivity index (χ1v) is 9.39. The molecule has 0 unspecified atom stereocenters. The van der Waals surface area contributed by atoms with Gasteiger partial charge in [0, 0.05) is 23.3 Å². The molecule has 3 aromatic rings. The molecule has 6 nitrogen and oxygen atoms in total. The van der Waals surface area contributed by atoms with E-state index in [2.05, 4.69) is 50.1 Å². The molecule has 0 atom stereocenters. The predicted octanol–water partition coefficient (Wildman–Crippen LogP) is 3.59. The first kappa shape index (κ1) is 17.5. The smallest absolute Gasteiger partial charge is 0.155 e. The summed E-state index contributed by atoms with van der Waals surface area (Å²) < 4.78 is 0. The number of nitriles is 1. The normalized spacial score (nSPS) is 15.6. The van der Waals surface area contributed by atoms with Crippen molar-refractivity contribution in [2.24, 2.45) is 0 Å². The van der Waals surface area contributed by atoms with Crippen LogP contribution >= 0.6 is 0 Å². The van der Waals surface area contributed by atoms with Gasteiger partial charge in [-0.1, -0.05) is 0 Å². The lowest BCUT2D eigenvalue weighted by Crippen LogP contribution is -2.35. The maximum atomic E-state index is 9.66. The van der Waals surface area contributed by atoms with Crippen molar-refractivity contribution in [3.05, 3.63) is 42.2 Å². The van der Waals surface area contributed by atoms with Gasteiger partial charge in [0.05, 0.1) is 17.7 Å². The Morgan fingerprint density at radius 1 is 1.22 bits per heavy atom. The summed E-state index contributed by atoms with van der Waals surface area (Å²) in [6.07, 6.45) is 5.79. The van der Waals surface area contributed by atoms with Crippen molar-refractivity contribution >= 4 is 16.7 Å². The van der Waals surface area contributed by atoms with Gasteiger partial charge in [-0.2, -0.15) is 10.4 Å². The standard InChI is InChI=1S/C21H24N6/c1-21(2,13-22)15-9-14(18-5-8-24-20-19(18)12-25-27-20)10-17(11-15)26-16-3-6-23-7-4-16/h5,8-12,16,23,26H,3-4,6-7H2,1-2H3,(H,24,25,27). The van der Waals surface area contributed by atoms with Crippen LogP contribution in [0.25, 0.3) is 22.2 Å². The molecule has 1 aromatic carbocycles. The quantitative estimate of drug-likeness (QED) is 0.661. The van der Waals surface area contributed by atoms with Gasteiger partial charge in [-0.3, -0.25) is 5.10 Å². The van der Waals surface area contributed by atoms with Crippen LogP contribution in [0.4, 0.5) is 5.69 Å². The number of fused-ring (bicyclic) bond motifs is 1. The molecule has 2 aromatic heterocycles. The third-order valence-electron chi connectivity index (χ3n) is 5.31. The van der Waals surface area contributed by atoms with E-state index in [-0.39, 0.29) is 0 Å². The summed E-state index contributed by atoms with van der Waals surface area (Å²) in [5.41, 5.74) is 4.41. The summed E-state index contributed by atoms with van der Waals surface area (Å²) in [5, 5.41) is 24.8. The van der Waals surface area contributed by atoms with Crippen molar-refractivity contribution in [3.8, 4) is 17.2 Å². The Morgan fingerprint density at radius 2 is 2.04 bits per heavy atom. The molecule has 3 heterocycles. The Morgan fingerprint density at radius 3 is 2.81 bits per heavy atom. The minimum atomic E-state index is -0.566. The fraction of sp³-hybridized carbons (Fsp3) is 0.381. The fourth-order valence-corrected chi connectivity index (χ4v) is 3.60. The molecule has 0 aliphatic carbocycles. The molecule has 1 aliphatic heterocycles. The van der Waals surface area contributed by atoms with Crippen molar-refractivity contribution in [3.63, 3.8) is 0 Å². The minimum absolute atomic E-state index is 0.450. The molecule has 3 N–H and O–H groups in total. The molecule has 6 heteroatoms. The van der Waals surface area contributed by atoms with Crippen LogP contribution in [-0.2, 0) is 5.41 Å². The first-order valence-electron chi connectivity index (χ1n) is 9.39. The van der Waals surface area contributed by atoms with Crippen molar-refractivity contribution in [2.45, 2.75) is 38.1 Å². The molecule has 1 aliphatic rings. The van der Waals surface area contributed by atoms with E-state index in [1.807, 2.05) is 19.9 Å². The summed E-state index contributed by atoms with van der Waals surface area (Å²) in [6.45, 7) is 5.99. The Balaban J connectivity index is 1.80. The van der Waals surface area contributed by atoms with Gasteiger partial charge in [0.1, 0.15) is 0 Å². The third kappa shape index (κ3) is 3.51. The summed E-state index contributed by atoms with van der Waals surface area (Å²) in [6, 6.07) is 11.3. The Kier molecular flexibility index (Phi) is 4.54. The Hall–Kier alpha value is -2.91. The van der Waals surface area contributed by atoms with Gasteiger partial charge in [-0.25, -0.2) is 4.98 Å². The van der Waals surface area contributed by atoms with E-state index in [1.54, 1.807) is 12.4 Å². The zero-order valence-corrected chi connectivity index (χ0v) is 15.7. The van der Waals surface area contributed by atoms with Crippen molar-refractivity contribution in [2.75, 3.05) is 18.4 Å². The number of anilines is 1. The van der Waals surface area contributed by atoms with Crippen LogP contribution in [0.1, 0.15) is 32.3 Å². The molecule has 0 amide bonds. The van der Waals surface area contributed by atoms with E-state index in [0.717, 1.165) is 59.3 Å². The highest BCUT2D eigenvalue weighted by atomic mass is 15.1. The highest BCUT2D eigenvalue weighted by molar-refractivity contribution is 5.92. The molecular formula is C21H24N6. The number of aromatic amines is 1. The van der Waals surface area contributed by atoms with Crippen molar-refractivity contribution in [1.29, 1.82) is 5.26 Å². The zero-order chi connectivity index (χ0) is 18.9. The monoisotopic (exact) mass is 360 g/mol. The topological polar surface area (TPSA) is 89.4 Å². The second-order valence-electron chi connectivity index (χ2n) is 7.70. The van der Waals surface area contributed by atoms with Gasteiger partial charge in [-0.05, 0) is 80.7 Å². The van der Waals surface area contributed by atoms with Gasteiger partial charge in [-0.15, -0.1) is 0 Å². The lowest BCUT2D eigenvalue weighted by Gasteiger charge is -2.26. The average molecular weight is 360 g/mol. The minimum Gasteiger partial charge on any atom is -0.382 e. The largest absolute Gasteiger partial charge is 0.382 e. The molecular weight excluding hydrogens is 336 g/mol. The zero-order valence-electron chi connectivity index (χ0n) is 15.7. The summed E-state index contributed by atoms with van der Waals surface area (Å²) in [5.74, 6) is 0. The van der Waals surface area contributed by atoms with Crippen LogP contribution in [-0.4, -0.2) is 34.3 Å². The fourth-order valence-electron chi connectivity index (χ4n) is 3.60. The SMILES string of the molecule is CC(C)(C#N)c1cc(NC2CCNCC2)cc(-c2ccnc3[nH]ncc23)c1. The van der Waals surface area contributed by atoms with Crippen molar-refractivity contribution in [1.82, 2.24) is 20.5 Å². The first-order chi connectivity index (χ1) is 13.1. The number of hydrogen-bond donors (Lipinski definition) is 3. The van der Waals surface area contributed by atoms with Crippen molar-refractivity contribution < 1.29 is 0 Å². The number of nitrogens with one attached hydrogen (secondary N) is 3. The molecule has 0 spiro atoms. The number of piperidine rings is 1. The van der Waals surface area contributed by atoms with Crippen LogP contribution in [0, 0.1) is 11.3 Å². The number of benzene rings is 1. The summed E-state index contributed by atoms with van der Waals surface area (Å²) >= 11 is 0. The molecule has 0 saturated carbocycles. The van der Waals surface area contributed by atoms with E-state index in [1.165, 1.54) is 0 Å². The van der Waals surface area contributed by atoms with Gasteiger partial charge >= 0.3 is 0 Å². The number of hydrogen-bond acceptors (Lipinski definition) is 5. The van der Waals surface area contributed by atoms with Gasteiger partial charge in [0.15, 0.2) is 5.65 Å². The predicted molar refractivity (Wildman–Crippen MR) is 107 cm³/mol. The number of aromatic nitrogens is 3. The van der Waals surface area contributed by atoms with E-state index >= 15 is 0 Å². The van der Waals surface area contributed by atoms with Gasteiger partial charge in [0.2, 0.25) is 0 Å². The van der Waals surface area contributed by atoms with E-state index in [0.29, 0.717) is 6.04 Å². The second kappa shape index (κ2) is 7.01. The third-order valence-corrected chi connectivity index (χ3v) is 5.31. The molecule has 27 heavy (non-hydrogen) atoms. The van der Waals surface area contributed by atoms with Crippen LogP contribution in [0.3, 0.4) is 0 Å². The molecule has 0 radical (unpaired) electrons. The summed E-state index contributed by atoms with van der Waals surface area (Å²) in [7, 11) is 0. The number of nitrogens with zero attached hydrogens (tertiary/aromatic N) is 3. The van der Waals surface area contributed by atoms with E-state index in [4.69, 9.17) is 0 Å². The summed E-state index contributed by atoms with van der Waals surface area (Å²) in [4.78, 5) is 4.34. The highest BCUT2D eigenvalue weighted by Crippen LogP contribution is 2.34. The van der Waals surface area contributed by atoms with Crippen LogP contribution in [0.5, 0.6) is 0 Å². The second-order valence-corrected chi connectivity index (χ2v) is 7.70. The molecule has 1 saturated heterocycles. The van der Waals surface area contributed by atoms with Crippen LogP contribution < -0.4 is 10.6 Å². The number of H-pyrrole nitrogens is 1. The molecule has 4 rings (SSSR count). The van der Waals surface area contributed by atoms with Gasteiger partial charge in [0.25, 0.3) is 0 Å². The average Bonchev–Trinajstić information content (AvgIpc) is 3.17. The molecule has 138 valence electrons. The van der Waals surface area contributed by atoms with Crippen LogP contribution in [0.2, 0.25) is 0 Å². The van der Waals surface area contributed by atoms with Crippen LogP contribution in [0.15, 0.2) is 36.7 Å². The Bertz CT molecular complexity index is 991. The molecule has 0 bridgehead atoms. The maximum absolute atomic E-state index is 9.66. The van der Waals surface area contributed by atoms with E-state index in [9.17, 15) is 5.26 Å². The number of pyridine rings is 1. The Labute approximate surface area is 159 Å².